The molecule has 2 bridgehead atoms. The van der Waals surface area contributed by atoms with Crippen molar-refractivity contribution in [3.8, 4) is 0 Å². The van der Waals surface area contributed by atoms with Crippen LogP contribution >= 0.6 is 0 Å². The lowest BCUT2D eigenvalue weighted by atomic mass is 9.41. The molecule has 4 aliphatic carbocycles. The first kappa shape index (κ1) is 69.8. The molecule has 0 aromatic carbocycles. The van der Waals surface area contributed by atoms with Gasteiger partial charge in [0.05, 0.1) is 50.7 Å². The maximum Gasteiger partial charge on any atom is 0.314 e. The van der Waals surface area contributed by atoms with Gasteiger partial charge < -0.3 is 159 Å². The normalized spacial score (nSPS) is 54.5. The maximum absolute atomic E-state index is 14.8. The molecule has 512 valence electrons. The highest BCUT2D eigenvalue weighted by Crippen LogP contribution is 2.74. The number of hydrogen-bond donors (Lipinski definition) is 20. The van der Waals surface area contributed by atoms with E-state index in [-0.39, 0.29) is 11.8 Å². The molecule has 10 rings (SSSR count). The van der Waals surface area contributed by atoms with E-state index < -0.39 is 252 Å². The Morgan fingerprint density at radius 2 is 0.787 bits per heavy atom. The zero-order chi connectivity index (χ0) is 64.7. The van der Waals surface area contributed by atoms with Gasteiger partial charge in [0.2, 0.25) is 6.29 Å². The molecular weight excluding hydrogens is 1200 g/mol. The Morgan fingerprint density at radius 3 is 1.24 bits per heavy atom. The zero-order valence-corrected chi connectivity index (χ0v) is 49.0. The van der Waals surface area contributed by atoms with Crippen LogP contribution in [-0.2, 0) is 61.6 Å². The summed E-state index contributed by atoms with van der Waals surface area (Å²) >= 11 is 0. The largest absolute Gasteiger partial charge is 0.432 e. The first-order valence-electron chi connectivity index (χ1n) is 30.4. The number of carbonyl (C=O) groups excluding carboxylic acids is 1. The maximum atomic E-state index is 14.8. The number of ether oxygens (including phenoxy) is 12. The molecule has 33 nitrogen and oxygen atoms in total. The molecule has 20 N–H and O–H groups in total. The minimum Gasteiger partial charge on any atom is -0.432 e. The minimum atomic E-state index is -2.06. The third-order valence-corrected chi connectivity index (χ3v) is 21.3. The number of hydrogen-bond acceptors (Lipinski definition) is 33. The Labute approximate surface area is 509 Å². The SMILES string of the molecule is C=C1C[C@@]23CC[C@H]4[C@@](C)(CCC[C@@]4(C)C(=O)O[C@@H]4O[C@H](CO)[C@@H](O[C@H]5O[C@H](CO)[C@@H](O[C@H]6O[C@H](CO)[C@@H](O)[C@H](O)[C@H]6O)[C@H](O)[C@H]5O)[C@H](O)[C@H]4O)[C@@H]2CC[C@]1(O[C@@H]1O[C@H](CO)[C@@H](O)[C@H](O)[C@H]1O[C@@H]1O[C@H](CO)[C@@H](O[C@H]2O[C@H](CO)[C@@H](O)[C@H](O)[C@H]2O)[C@H](O)[C@H]1O)C3. The van der Waals surface area contributed by atoms with E-state index >= 15 is 0 Å². The average molecular weight is 1290 g/mol. The van der Waals surface area contributed by atoms with E-state index in [9.17, 15) is 107 Å². The van der Waals surface area contributed by atoms with Crippen LogP contribution in [0.2, 0.25) is 0 Å². The molecule has 1 spiro atoms. The van der Waals surface area contributed by atoms with Crippen LogP contribution in [0.5, 0.6) is 0 Å². The van der Waals surface area contributed by atoms with Gasteiger partial charge in [-0.3, -0.25) is 4.79 Å². The molecule has 0 amide bonds. The molecule has 0 aromatic heterocycles. The molecule has 4 saturated carbocycles. The second-order valence-electron chi connectivity index (χ2n) is 26.4. The second kappa shape index (κ2) is 27.2. The summed E-state index contributed by atoms with van der Waals surface area (Å²) in [6, 6.07) is 0. The quantitative estimate of drug-likeness (QED) is 0.0344. The van der Waals surface area contributed by atoms with Crippen molar-refractivity contribution in [2.45, 2.75) is 261 Å². The number of rotatable bonds is 18. The van der Waals surface area contributed by atoms with Crippen molar-refractivity contribution in [3.05, 3.63) is 12.2 Å². The number of carbonyl (C=O) groups is 1. The summed E-state index contributed by atoms with van der Waals surface area (Å²) in [5.74, 6) is -1.13. The van der Waals surface area contributed by atoms with Crippen LogP contribution in [0, 0.1) is 28.1 Å². The second-order valence-corrected chi connectivity index (χ2v) is 26.4. The van der Waals surface area contributed by atoms with Gasteiger partial charge in [-0.2, -0.15) is 0 Å². The van der Waals surface area contributed by atoms with Gasteiger partial charge in [-0.05, 0) is 86.5 Å². The van der Waals surface area contributed by atoms with Crippen molar-refractivity contribution in [2.75, 3.05) is 39.6 Å². The van der Waals surface area contributed by atoms with Crippen LogP contribution in [-0.4, -0.2) is 338 Å². The van der Waals surface area contributed by atoms with Gasteiger partial charge in [0.15, 0.2) is 31.5 Å². The van der Waals surface area contributed by atoms with Crippen LogP contribution in [0.4, 0.5) is 0 Å². The lowest BCUT2D eigenvalue weighted by Crippen LogP contribution is -2.67. The Balaban J connectivity index is 0.789. The molecule has 6 saturated heterocycles. The van der Waals surface area contributed by atoms with Crippen molar-refractivity contribution < 1.29 is 164 Å². The summed E-state index contributed by atoms with van der Waals surface area (Å²) in [7, 11) is 0. The molecular formula is C56H90O33. The van der Waals surface area contributed by atoms with E-state index in [0.29, 0.717) is 63.4 Å². The fraction of sp³-hybridized carbons (Fsp3) is 0.946. The summed E-state index contributed by atoms with van der Waals surface area (Å²) < 4.78 is 70.4. The van der Waals surface area contributed by atoms with Crippen molar-refractivity contribution >= 4 is 5.97 Å². The van der Waals surface area contributed by atoms with E-state index in [1.807, 2.05) is 0 Å². The predicted octanol–water partition coefficient (Wildman–Crippen LogP) is -9.47. The first-order valence-corrected chi connectivity index (χ1v) is 30.4. The lowest BCUT2D eigenvalue weighted by molar-refractivity contribution is -0.390. The molecule has 0 radical (unpaired) electrons. The molecule has 36 atom stereocenters. The van der Waals surface area contributed by atoms with Crippen molar-refractivity contribution in [2.24, 2.45) is 28.1 Å². The van der Waals surface area contributed by atoms with Crippen molar-refractivity contribution in [1.82, 2.24) is 0 Å². The summed E-state index contributed by atoms with van der Waals surface area (Å²) in [5.41, 5.74) is -2.70. The lowest BCUT2D eigenvalue weighted by Gasteiger charge is -2.64. The molecule has 6 aliphatic heterocycles. The highest BCUT2D eigenvalue weighted by atomic mass is 16.8. The standard InChI is InChI=1S/C56H90O33/c1-19-11-55-9-5-26-53(2,7-4-8-54(26,3)52(77)88-50-41(76)36(71)44(25(17-62)83-50)86-48-39(74)34(69)42(23(15-60)81-48)84-46-37(72)31(66)28(63)20(12-57)78-46)27(55)6-10-56(19,18-55)89-51-45(33(68)30(65)22(14-59)80-51)87-49-40(75)35(70)43(24(16-61)82-49)85-47-38(73)32(67)29(64)21(13-58)79-47/h20-51,57-76H,1,4-18H2,2-3H3/t20-,21-,22-,23-,24-,25-,26+,27+,28-,29-,30-,31+,32+,33+,34-,35-,36-,37-,38-,39-,40-,41-,42-,43-,44-,45-,46-,47-,48-,49+,50+,51+,53-,54-,55-,56+/m1/s1. The van der Waals surface area contributed by atoms with Crippen LogP contribution < -0.4 is 0 Å². The molecule has 10 aliphatic rings. The van der Waals surface area contributed by atoms with Crippen molar-refractivity contribution in [3.63, 3.8) is 0 Å². The van der Waals surface area contributed by atoms with Gasteiger partial charge in [0.1, 0.15) is 146 Å². The minimum absolute atomic E-state index is 0.0548. The highest BCUT2D eigenvalue weighted by Gasteiger charge is 2.70. The van der Waals surface area contributed by atoms with E-state index in [2.05, 4.69) is 13.5 Å². The van der Waals surface area contributed by atoms with Gasteiger partial charge >= 0.3 is 5.97 Å². The Hall–Kier alpha value is -2.03. The number of aliphatic hydroxyl groups excluding tert-OH is 20. The van der Waals surface area contributed by atoms with E-state index in [1.54, 1.807) is 6.92 Å². The summed E-state index contributed by atoms with van der Waals surface area (Å²) in [6.07, 6.45) is -49.2. The topological polar surface area (TPSA) is 532 Å². The fourth-order valence-electron chi connectivity index (χ4n) is 16.5. The molecule has 89 heavy (non-hydrogen) atoms. The number of esters is 1. The van der Waals surface area contributed by atoms with Gasteiger partial charge in [-0.25, -0.2) is 0 Å². The van der Waals surface area contributed by atoms with Crippen LogP contribution in [0.3, 0.4) is 0 Å². The van der Waals surface area contributed by atoms with Crippen LogP contribution in [0.25, 0.3) is 0 Å². The van der Waals surface area contributed by atoms with Gasteiger partial charge in [-0.1, -0.05) is 19.9 Å². The number of aliphatic hydroxyl groups is 20. The van der Waals surface area contributed by atoms with Crippen LogP contribution in [0.1, 0.15) is 71.6 Å². The first-order chi connectivity index (χ1) is 42.1. The van der Waals surface area contributed by atoms with E-state index in [1.165, 1.54) is 0 Å². The van der Waals surface area contributed by atoms with Gasteiger partial charge in [0.25, 0.3) is 0 Å². The predicted molar refractivity (Wildman–Crippen MR) is 284 cm³/mol. The molecule has 0 unspecified atom stereocenters. The Bertz CT molecular complexity index is 2390. The number of fused-ring (bicyclic) bond motifs is 3. The monoisotopic (exact) mass is 1290 g/mol. The van der Waals surface area contributed by atoms with E-state index in [4.69, 9.17) is 56.8 Å². The van der Waals surface area contributed by atoms with Crippen molar-refractivity contribution in [1.29, 1.82) is 0 Å². The summed E-state index contributed by atoms with van der Waals surface area (Å²) in [4.78, 5) is 14.8. The highest BCUT2D eigenvalue weighted by molar-refractivity contribution is 5.77. The molecule has 6 heterocycles. The Kier molecular flexibility index (Phi) is 21.4. The summed E-state index contributed by atoms with van der Waals surface area (Å²) in [6.45, 7) is 3.27. The van der Waals surface area contributed by atoms with Gasteiger partial charge in [-0.15, -0.1) is 0 Å². The Morgan fingerprint density at radius 1 is 0.427 bits per heavy atom. The third-order valence-electron chi connectivity index (χ3n) is 21.3. The molecule has 33 heteroatoms. The smallest absolute Gasteiger partial charge is 0.314 e. The van der Waals surface area contributed by atoms with Crippen LogP contribution in [0.15, 0.2) is 12.2 Å². The van der Waals surface area contributed by atoms with Gasteiger partial charge in [0, 0.05) is 0 Å². The average Bonchev–Trinajstić information content (AvgIpc) is 1.65. The zero-order valence-electron chi connectivity index (χ0n) is 49.0. The fourth-order valence-corrected chi connectivity index (χ4v) is 16.5. The molecule has 10 fully saturated rings. The summed E-state index contributed by atoms with van der Waals surface area (Å²) in [5, 5.41) is 214. The molecule has 0 aromatic rings. The van der Waals surface area contributed by atoms with E-state index in [0.717, 1.165) is 0 Å². The third kappa shape index (κ3) is 12.3.